The monoisotopic (exact) mass is 306 g/mol. The number of ether oxygens (including phenoxy) is 1. The molecule has 1 heterocycles. The van der Waals surface area contributed by atoms with Gasteiger partial charge in [-0.05, 0) is 58.7 Å². The first-order valence-electron chi connectivity index (χ1n) is 5.90. The molecule has 0 spiro atoms. The van der Waals surface area contributed by atoms with Gasteiger partial charge in [0, 0.05) is 11.9 Å². The van der Waals surface area contributed by atoms with Gasteiger partial charge in [0.1, 0.15) is 11.6 Å². The van der Waals surface area contributed by atoms with Crippen molar-refractivity contribution in [3.8, 4) is 5.75 Å². The van der Waals surface area contributed by atoms with Crippen molar-refractivity contribution in [2.24, 2.45) is 0 Å². The third-order valence-corrected chi connectivity index (χ3v) is 2.99. The molecule has 0 unspecified atom stereocenters. The molecule has 2 rings (SSSR count). The van der Waals surface area contributed by atoms with Crippen molar-refractivity contribution in [3.05, 3.63) is 47.1 Å². The van der Waals surface area contributed by atoms with E-state index in [0.29, 0.717) is 0 Å². The zero-order chi connectivity index (χ0) is 12.8. The van der Waals surface area contributed by atoms with E-state index in [2.05, 4.69) is 33.2 Å². The Kier molecular flexibility index (Phi) is 4.59. The minimum absolute atomic E-state index is 0.749. The highest BCUT2D eigenvalue weighted by atomic mass is 79.9. The molecular formula is C14H15BrN2O. The van der Waals surface area contributed by atoms with Crippen molar-refractivity contribution < 1.29 is 4.74 Å². The van der Waals surface area contributed by atoms with E-state index < -0.39 is 0 Å². The fourth-order valence-corrected chi connectivity index (χ4v) is 1.82. The Hall–Kier alpha value is -1.55. The largest absolute Gasteiger partial charge is 0.494 e. The van der Waals surface area contributed by atoms with Gasteiger partial charge in [0.05, 0.1) is 11.1 Å². The van der Waals surface area contributed by atoms with Crippen LogP contribution in [0.3, 0.4) is 0 Å². The van der Waals surface area contributed by atoms with Gasteiger partial charge < -0.3 is 10.1 Å². The maximum absolute atomic E-state index is 5.53. The third kappa shape index (κ3) is 3.47. The highest BCUT2D eigenvalue weighted by Gasteiger charge is 2.00. The number of nitrogens with zero attached hydrogens (tertiary/aromatic N) is 1. The average Bonchev–Trinajstić information content (AvgIpc) is 2.41. The molecule has 0 aliphatic rings. The normalized spacial score (nSPS) is 10.1. The van der Waals surface area contributed by atoms with Crippen molar-refractivity contribution in [1.82, 2.24) is 4.98 Å². The SMILES string of the molecule is CCCOc1ccc(Nc2ncccc2Br)cc1. The molecule has 3 nitrogen and oxygen atoms in total. The summed E-state index contributed by atoms with van der Waals surface area (Å²) in [5.74, 6) is 1.70. The summed E-state index contributed by atoms with van der Waals surface area (Å²) in [4.78, 5) is 4.26. The lowest BCUT2D eigenvalue weighted by molar-refractivity contribution is 0.317. The zero-order valence-corrected chi connectivity index (χ0v) is 11.8. The molecule has 18 heavy (non-hydrogen) atoms. The van der Waals surface area contributed by atoms with Crippen LogP contribution in [0.2, 0.25) is 0 Å². The number of benzene rings is 1. The summed E-state index contributed by atoms with van der Waals surface area (Å²) >= 11 is 3.45. The van der Waals surface area contributed by atoms with E-state index in [1.807, 2.05) is 36.4 Å². The lowest BCUT2D eigenvalue weighted by atomic mass is 10.3. The van der Waals surface area contributed by atoms with Crippen molar-refractivity contribution in [3.63, 3.8) is 0 Å². The maximum atomic E-state index is 5.53. The second kappa shape index (κ2) is 6.40. The van der Waals surface area contributed by atoms with Crippen LogP contribution in [0.1, 0.15) is 13.3 Å². The van der Waals surface area contributed by atoms with Gasteiger partial charge in [-0.3, -0.25) is 0 Å². The summed E-state index contributed by atoms with van der Waals surface area (Å²) < 4.78 is 6.47. The Morgan fingerprint density at radius 1 is 1.22 bits per heavy atom. The molecule has 0 radical (unpaired) electrons. The van der Waals surface area contributed by atoms with Crippen LogP contribution < -0.4 is 10.1 Å². The lowest BCUT2D eigenvalue weighted by Gasteiger charge is -2.08. The van der Waals surface area contributed by atoms with Gasteiger partial charge in [-0.1, -0.05) is 6.92 Å². The molecule has 1 aromatic heterocycles. The number of aromatic nitrogens is 1. The number of hydrogen-bond donors (Lipinski definition) is 1. The minimum atomic E-state index is 0.749. The summed E-state index contributed by atoms with van der Waals surface area (Å²) in [5.41, 5.74) is 0.984. The van der Waals surface area contributed by atoms with Crippen LogP contribution in [0.25, 0.3) is 0 Å². The van der Waals surface area contributed by atoms with Crippen molar-refractivity contribution in [2.45, 2.75) is 13.3 Å². The van der Waals surface area contributed by atoms with Crippen LogP contribution >= 0.6 is 15.9 Å². The first-order chi connectivity index (χ1) is 8.79. The van der Waals surface area contributed by atoms with E-state index in [1.54, 1.807) is 6.20 Å². The lowest BCUT2D eigenvalue weighted by Crippen LogP contribution is -1.96. The summed E-state index contributed by atoms with van der Waals surface area (Å²) in [6, 6.07) is 11.7. The van der Waals surface area contributed by atoms with Gasteiger partial charge in [-0.2, -0.15) is 0 Å². The molecule has 0 saturated carbocycles. The molecule has 0 fully saturated rings. The second-order valence-electron chi connectivity index (χ2n) is 3.83. The van der Waals surface area contributed by atoms with Crippen LogP contribution in [0.4, 0.5) is 11.5 Å². The number of anilines is 2. The summed E-state index contributed by atoms with van der Waals surface area (Å²) in [7, 11) is 0. The summed E-state index contributed by atoms with van der Waals surface area (Å²) in [5, 5.41) is 3.24. The average molecular weight is 307 g/mol. The zero-order valence-electron chi connectivity index (χ0n) is 10.2. The number of hydrogen-bond acceptors (Lipinski definition) is 3. The summed E-state index contributed by atoms with van der Waals surface area (Å²) in [6.45, 7) is 2.84. The number of rotatable bonds is 5. The number of halogens is 1. The topological polar surface area (TPSA) is 34.1 Å². The number of pyridine rings is 1. The quantitative estimate of drug-likeness (QED) is 0.890. The van der Waals surface area contributed by atoms with Crippen molar-refractivity contribution in [2.75, 3.05) is 11.9 Å². The smallest absolute Gasteiger partial charge is 0.144 e. The minimum Gasteiger partial charge on any atom is -0.494 e. The molecule has 0 saturated heterocycles. The van der Waals surface area contributed by atoms with Crippen LogP contribution in [-0.2, 0) is 0 Å². The Labute approximate surface area is 115 Å². The molecule has 0 atom stereocenters. The first kappa shape index (κ1) is 12.9. The maximum Gasteiger partial charge on any atom is 0.144 e. The van der Waals surface area contributed by atoms with E-state index in [1.165, 1.54) is 0 Å². The van der Waals surface area contributed by atoms with Crippen molar-refractivity contribution in [1.29, 1.82) is 0 Å². The third-order valence-electron chi connectivity index (χ3n) is 2.35. The van der Waals surface area contributed by atoms with E-state index in [9.17, 15) is 0 Å². The fraction of sp³-hybridized carbons (Fsp3) is 0.214. The van der Waals surface area contributed by atoms with E-state index in [0.717, 1.165) is 34.8 Å². The van der Waals surface area contributed by atoms with Gasteiger partial charge >= 0.3 is 0 Å². The van der Waals surface area contributed by atoms with Gasteiger partial charge in [-0.15, -0.1) is 0 Å². The Balaban J connectivity index is 2.04. The van der Waals surface area contributed by atoms with Crippen LogP contribution in [0.15, 0.2) is 47.1 Å². The first-order valence-corrected chi connectivity index (χ1v) is 6.69. The van der Waals surface area contributed by atoms with Gasteiger partial charge in [0.15, 0.2) is 0 Å². The highest BCUT2D eigenvalue weighted by molar-refractivity contribution is 9.10. The van der Waals surface area contributed by atoms with Crippen LogP contribution in [-0.4, -0.2) is 11.6 Å². The summed E-state index contributed by atoms with van der Waals surface area (Å²) in [6.07, 6.45) is 2.77. The van der Waals surface area contributed by atoms with Gasteiger partial charge in [0.25, 0.3) is 0 Å². The van der Waals surface area contributed by atoms with Gasteiger partial charge in [-0.25, -0.2) is 4.98 Å². The molecular weight excluding hydrogens is 292 g/mol. The molecule has 0 aliphatic heterocycles. The second-order valence-corrected chi connectivity index (χ2v) is 4.69. The van der Waals surface area contributed by atoms with Crippen molar-refractivity contribution >= 4 is 27.4 Å². The Morgan fingerprint density at radius 3 is 2.67 bits per heavy atom. The number of nitrogens with one attached hydrogen (secondary N) is 1. The predicted molar refractivity (Wildman–Crippen MR) is 77.4 cm³/mol. The van der Waals surface area contributed by atoms with Crippen LogP contribution in [0.5, 0.6) is 5.75 Å². The molecule has 0 amide bonds. The molecule has 0 aliphatic carbocycles. The Bertz CT molecular complexity index is 499. The highest BCUT2D eigenvalue weighted by Crippen LogP contribution is 2.24. The van der Waals surface area contributed by atoms with E-state index in [4.69, 9.17) is 4.74 Å². The standard InChI is InChI=1S/C14H15BrN2O/c1-2-10-18-12-7-5-11(6-8-12)17-14-13(15)4-3-9-16-14/h3-9H,2,10H2,1H3,(H,16,17). The fourth-order valence-electron chi connectivity index (χ4n) is 1.47. The predicted octanol–water partition coefficient (Wildman–Crippen LogP) is 4.38. The molecule has 2 aromatic rings. The molecule has 4 heteroatoms. The van der Waals surface area contributed by atoms with Crippen LogP contribution in [0, 0.1) is 0 Å². The van der Waals surface area contributed by atoms with E-state index >= 15 is 0 Å². The van der Waals surface area contributed by atoms with E-state index in [-0.39, 0.29) is 0 Å². The molecule has 0 bridgehead atoms. The molecule has 94 valence electrons. The Morgan fingerprint density at radius 2 is 2.00 bits per heavy atom. The van der Waals surface area contributed by atoms with Gasteiger partial charge in [0.2, 0.25) is 0 Å². The molecule has 1 N–H and O–H groups in total. The molecule has 1 aromatic carbocycles.